The molecule has 0 amide bonds. The number of rotatable bonds is 2. The van der Waals surface area contributed by atoms with Crippen LogP contribution >= 0.6 is 0 Å². The minimum absolute atomic E-state index is 0.188. The SMILES string of the molecule is CC1CCC(=O)C(Cc2ccc(O)cc2)C1. The zero-order valence-electron chi connectivity index (χ0n) is 9.65. The van der Waals surface area contributed by atoms with Crippen molar-refractivity contribution in [2.45, 2.75) is 32.6 Å². The number of ketones is 1. The smallest absolute Gasteiger partial charge is 0.136 e. The Kier molecular flexibility index (Phi) is 3.28. The van der Waals surface area contributed by atoms with Gasteiger partial charge in [0.2, 0.25) is 0 Å². The normalized spacial score (nSPS) is 25.7. The maximum Gasteiger partial charge on any atom is 0.136 e. The quantitative estimate of drug-likeness (QED) is 0.828. The van der Waals surface area contributed by atoms with E-state index in [1.54, 1.807) is 12.1 Å². The van der Waals surface area contributed by atoms with E-state index in [1.165, 1.54) is 0 Å². The van der Waals surface area contributed by atoms with Crippen molar-refractivity contribution in [1.29, 1.82) is 0 Å². The van der Waals surface area contributed by atoms with Gasteiger partial charge in [-0.2, -0.15) is 0 Å². The Morgan fingerprint density at radius 2 is 2.00 bits per heavy atom. The molecule has 1 saturated carbocycles. The van der Waals surface area contributed by atoms with Crippen molar-refractivity contribution in [3.8, 4) is 5.75 Å². The number of hydrogen-bond donors (Lipinski definition) is 1. The van der Waals surface area contributed by atoms with E-state index < -0.39 is 0 Å². The van der Waals surface area contributed by atoms with Gasteiger partial charge in [0.15, 0.2) is 0 Å². The molecule has 2 nitrogen and oxygen atoms in total. The van der Waals surface area contributed by atoms with Crippen LogP contribution in [0.15, 0.2) is 24.3 Å². The fourth-order valence-electron chi connectivity index (χ4n) is 2.44. The lowest BCUT2D eigenvalue weighted by Crippen LogP contribution is -2.25. The van der Waals surface area contributed by atoms with Gasteiger partial charge in [0.1, 0.15) is 11.5 Å². The molecule has 16 heavy (non-hydrogen) atoms. The number of hydrogen-bond acceptors (Lipinski definition) is 2. The number of aromatic hydroxyl groups is 1. The van der Waals surface area contributed by atoms with Gasteiger partial charge in [-0.05, 0) is 42.9 Å². The first-order valence-corrected chi connectivity index (χ1v) is 5.96. The molecule has 86 valence electrons. The highest BCUT2D eigenvalue weighted by Crippen LogP contribution is 2.28. The van der Waals surface area contributed by atoms with Crippen LogP contribution in [-0.2, 0) is 11.2 Å². The summed E-state index contributed by atoms with van der Waals surface area (Å²) in [6.07, 6.45) is 3.62. The van der Waals surface area contributed by atoms with Crippen LogP contribution in [-0.4, -0.2) is 10.9 Å². The molecule has 0 radical (unpaired) electrons. The standard InChI is InChI=1S/C14H18O2/c1-10-2-7-14(16)12(8-10)9-11-3-5-13(15)6-4-11/h3-6,10,12,15H,2,7-9H2,1H3. The molecule has 1 aliphatic rings. The van der Waals surface area contributed by atoms with Crippen LogP contribution in [0.2, 0.25) is 0 Å². The van der Waals surface area contributed by atoms with E-state index in [9.17, 15) is 9.90 Å². The highest BCUT2D eigenvalue weighted by Gasteiger charge is 2.26. The summed E-state index contributed by atoms with van der Waals surface area (Å²) in [7, 11) is 0. The molecule has 2 heteroatoms. The van der Waals surface area contributed by atoms with E-state index in [4.69, 9.17) is 0 Å². The van der Waals surface area contributed by atoms with E-state index in [0.29, 0.717) is 11.7 Å². The monoisotopic (exact) mass is 218 g/mol. The summed E-state index contributed by atoms with van der Waals surface area (Å²) >= 11 is 0. The average Bonchev–Trinajstić information content (AvgIpc) is 2.27. The number of Topliss-reactive ketones (excluding diaryl/α,β-unsaturated/α-hetero) is 1. The molecule has 0 aromatic heterocycles. The Morgan fingerprint density at radius 1 is 1.31 bits per heavy atom. The Bertz CT molecular complexity index is 367. The Labute approximate surface area is 96.3 Å². The Balaban J connectivity index is 2.02. The molecule has 1 aliphatic carbocycles. The van der Waals surface area contributed by atoms with Gasteiger partial charge in [-0.3, -0.25) is 4.79 Å². The number of carbonyl (C=O) groups is 1. The second-order valence-corrected chi connectivity index (χ2v) is 4.91. The third kappa shape index (κ3) is 2.63. The van der Waals surface area contributed by atoms with Gasteiger partial charge in [-0.15, -0.1) is 0 Å². The summed E-state index contributed by atoms with van der Waals surface area (Å²) in [6.45, 7) is 2.22. The molecule has 2 unspecified atom stereocenters. The van der Waals surface area contributed by atoms with E-state index in [2.05, 4.69) is 6.92 Å². The summed E-state index contributed by atoms with van der Waals surface area (Å²) in [4.78, 5) is 11.8. The van der Waals surface area contributed by atoms with Gasteiger partial charge in [0, 0.05) is 12.3 Å². The fraction of sp³-hybridized carbons (Fsp3) is 0.500. The highest BCUT2D eigenvalue weighted by molar-refractivity contribution is 5.82. The van der Waals surface area contributed by atoms with Gasteiger partial charge in [0.05, 0.1) is 0 Å². The predicted molar refractivity (Wildman–Crippen MR) is 63.3 cm³/mol. The first-order valence-electron chi connectivity index (χ1n) is 5.96. The molecule has 0 bridgehead atoms. The molecule has 2 atom stereocenters. The van der Waals surface area contributed by atoms with E-state index in [0.717, 1.165) is 31.2 Å². The van der Waals surface area contributed by atoms with Gasteiger partial charge in [-0.25, -0.2) is 0 Å². The van der Waals surface area contributed by atoms with Crippen molar-refractivity contribution < 1.29 is 9.90 Å². The number of phenols is 1. The number of carbonyl (C=O) groups excluding carboxylic acids is 1. The molecule has 1 N–H and O–H groups in total. The topological polar surface area (TPSA) is 37.3 Å². The Hall–Kier alpha value is -1.31. The van der Waals surface area contributed by atoms with Crippen LogP contribution in [0.1, 0.15) is 31.7 Å². The lowest BCUT2D eigenvalue weighted by molar-refractivity contribution is -0.125. The summed E-state index contributed by atoms with van der Waals surface area (Å²) in [5.74, 6) is 1.55. The van der Waals surface area contributed by atoms with E-state index in [-0.39, 0.29) is 11.7 Å². The highest BCUT2D eigenvalue weighted by atomic mass is 16.3. The molecule has 0 heterocycles. The summed E-state index contributed by atoms with van der Waals surface area (Å²) < 4.78 is 0. The van der Waals surface area contributed by atoms with Gasteiger partial charge < -0.3 is 5.11 Å². The first-order chi connectivity index (χ1) is 7.65. The predicted octanol–water partition coefficient (Wildman–Crippen LogP) is 2.94. The minimum Gasteiger partial charge on any atom is -0.508 e. The van der Waals surface area contributed by atoms with Crippen molar-refractivity contribution in [2.75, 3.05) is 0 Å². The first kappa shape index (κ1) is 11.2. The Morgan fingerprint density at radius 3 is 2.69 bits per heavy atom. The number of phenolic OH excluding ortho intramolecular Hbond substituents is 1. The van der Waals surface area contributed by atoms with Crippen LogP contribution in [0.4, 0.5) is 0 Å². The van der Waals surface area contributed by atoms with Crippen molar-refractivity contribution in [3.05, 3.63) is 29.8 Å². The maximum absolute atomic E-state index is 11.8. The van der Waals surface area contributed by atoms with Gasteiger partial charge in [-0.1, -0.05) is 19.1 Å². The molecule has 0 aliphatic heterocycles. The lowest BCUT2D eigenvalue weighted by Gasteiger charge is -2.25. The summed E-state index contributed by atoms with van der Waals surface area (Å²) in [6, 6.07) is 7.18. The minimum atomic E-state index is 0.188. The largest absolute Gasteiger partial charge is 0.508 e. The van der Waals surface area contributed by atoms with Crippen LogP contribution in [0, 0.1) is 11.8 Å². The molecule has 1 aromatic carbocycles. The van der Waals surface area contributed by atoms with Crippen molar-refractivity contribution >= 4 is 5.78 Å². The second-order valence-electron chi connectivity index (χ2n) is 4.91. The molecule has 1 fully saturated rings. The zero-order chi connectivity index (χ0) is 11.5. The van der Waals surface area contributed by atoms with Crippen LogP contribution < -0.4 is 0 Å². The molecule has 2 rings (SSSR count). The van der Waals surface area contributed by atoms with Crippen LogP contribution in [0.25, 0.3) is 0 Å². The summed E-state index contributed by atoms with van der Waals surface area (Å²) in [5, 5.41) is 9.19. The third-order valence-corrected chi connectivity index (χ3v) is 3.44. The summed E-state index contributed by atoms with van der Waals surface area (Å²) in [5.41, 5.74) is 1.14. The van der Waals surface area contributed by atoms with Gasteiger partial charge in [0.25, 0.3) is 0 Å². The van der Waals surface area contributed by atoms with Crippen molar-refractivity contribution in [1.82, 2.24) is 0 Å². The maximum atomic E-state index is 11.8. The molecule has 0 spiro atoms. The third-order valence-electron chi connectivity index (χ3n) is 3.44. The van der Waals surface area contributed by atoms with E-state index in [1.807, 2.05) is 12.1 Å². The molecule has 0 saturated heterocycles. The lowest BCUT2D eigenvalue weighted by atomic mass is 9.78. The van der Waals surface area contributed by atoms with Gasteiger partial charge >= 0.3 is 0 Å². The zero-order valence-corrected chi connectivity index (χ0v) is 9.65. The fourth-order valence-corrected chi connectivity index (χ4v) is 2.44. The van der Waals surface area contributed by atoms with Crippen molar-refractivity contribution in [2.24, 2.45) is 11.8 Å². The molecular weight excluding hydrogens is 200 g/mol. The van der Waals surface area contributed by atoms with E-state index >= 15 is 0 Å². The molecular formula is C14H18O2. The van der Waals surface area contributed by atoms with Crippen LogP contribution in [0.3, 0.4) is 0 Å². The molecule has 1 aromatic rings. The van der Waals surface area contributed by atoms with Crippen LogP contribution in [0.5, 0.6) is 5.75 Å². The number of benzene rings is 1. The van der Waals surface area contributed by atoms with Crippen molar-refractivity contribution in [3.63, 3.8) is 0 Å². The average molecular weight is 218 g/mol. The second kappa shape index (κ2) is 4.69.